The van der Waals surface area contributed by atoms with Crippen LogP contribution in [-0.2, 0) is 9.53 Å². The van der Waals surface area contributed by atoms with Gasteiger partial charge in [-0.1, -0.05) is 24.3 Å². The topological polar surface area (TPSA) is 99.2 Å². The van der Waals surface area contributed by atoms with Gasteiger partial charge < -0.3 is 20.1 Å². The average Bonchev–Trinajstić information content (AvgIpc) is 2.79. The molecule has 0 radical (unpaired) electrons. The molecule has 4 rings (SSSR count). The Labute approximate surface area is 183 Å². The number of carbonyl (C=O) groups excluding carboxylic acids is 2. The molecule has 2 aliphatic heterocycles. The van der Waals surface area contributed by atoms with Crippen LogP contribution in [0.4, 0.5) is 14.9 Å². The molecule has 0 unspecified atom stereocenters. The summed E-state index contributed by atoms with van der Waals surface area (Å²) in [5.74, 6) is -2.02. The van der Waals surface area contributed by atoms with Gasteiger partial charge in [0.1, 0.15) is 5.82 Å². The van der Waals surface area contributed by atoms with Crippen LogP contribution in [0.3, 0.4) is 0 Å². The minimum Gasteiger partial charge on any atom is -0.478 e. The Kier molecular flexibility index (Phi) is 5.91. The van der Waals surface area contributed by atoms with E-state index in [1.54, 1.807) is 24.0 Å². The third-order valence-electron chi connectivity index (χ3n) is 5.58. The Morgan fingerprint density at radius 3 is 2.53 bits per heavy atom. The molecule has 1 saturated heterocycles. The number of halogens is 1. The van der Waals surface area contributed by atoms with E-state index in [1.807, 2.05) is 0 Å². The quantitative estimate of drug-likeness (QED) is 0.763. The first-order valence-electron chi connectivity index (χ1n) is 10.1. The number of nitrogens with zero attached hydrogens (tertiary/aromatic N) is 2. The number of morpholine rings is 1. The van der Waals surface area contributed by atoms with Crippen molar-refractivity contribution in [3.63, 3.8) is 0 Å². The number of urea groups is 1. The summed E-state index contributed by atoms with van der Waals surface area (Å²) >= 11 is 0. The number of amides is 3. The van der Waals surface area contributed by atoms with Gasteiger partial charge in [0.2, 0.25) is 0 Å². The molecule has 3 amide bonds. The fourth-order valence-electron chi connectivity index (χ4n) is 3.99. The van der Waals surface area contributed by atoms with Crippen LogP contribution in [0.5, 0.6) is 0 Å². The summed E-state index contributed by atoms with van der Waals surface area (Å²) in [5.41, 5.74) is 0.994. The van der Waals surface area contributed by atoms with Gasteiger partial charge in [0.25, 0.3) is 5.91 Å². The van der Waals surface area contributed by atoms with Crippen LogP contribution in [0.2, 0.25) is 0 Å². The summed E-state index contributed by atoms with van der Waals surface area (Å²) in [7, 11) is 0. The number of allylic oxidation sites excluding steroid dienone is 1. The van der Waals surface area contributed by atoms with Gasteiger partial charge in [0, 0.05) is 24.4 Å². The first kappa shape index (κ1) is 21.5. The normalized spacial score (nSPS) is 19.1. The van der Waals surface area contributed by atoms with E-state index in [9.17, 15) is 23.9 Å². The van der Waals surface area contributed by atoms with Gasteiger partial charge in [-0.2, -0.15) is 0 Å². The van der Waals surface area contributed by atoms with Crippen LogP contribution >= 0.6 is 0 Å². The molecule has 0 aliphatic carbocycles. The summed E-state index contributed by atoms with van der Waals surface area (Å²) in [4.78, 5) is 40.9. The van der Waals surface area contributed by atoms with E-state index >= 15 is 0 Å². The van der Waals surface area contributed by atoms with Crippen molar-refractivity contribution in [2.24, 2.45) is 0 Å². The summed E-state index contributed by atoms with van der Waals surface area (Å²) in [6, 6.07) is 10.3. The Hall–Kier alpha value is -3.72. The highest BCUT2D eigenvalue weighted by Crippen LogP contribution is 2.35. The van der Waals surface area contributed by atoms with Crippen LogP contribution in [-0.4, -0.2) is 54.2 Å². The van der Waals surface area contributed by atoms with Gasteiger partial charge in [-0.15, -0.1) is 0 Å². The number of rotatable bonds is 4. The first-order valence-corrected chi connectivity index (χ1v) is 10.1. The standard InChI is InChI=1S/C23H22FN3O5/c1-14-19(21(28)26-9-11-32-12-10-26)20(17-7-2-3-8-18(17)24)25-23(31)27(14)16-6-4-5-15(13-16)22(29)30/h2-8,13,20H,9-12H2,1H3,(H,25,31)(H,29,30)/t20-/m1/s1. The van der Waals surface area contributed by atoms with Gasteiger partial charge in [-0.05, 0) is 31.2 Å². The molecule has 1 fully saturated rings. The lowest BCUT2D eigenvalue weighted by atomic mass is 9.93. The van der Waals surface area contributed by atoms with Crippen LogP contribution in [0.25, 0.3) is 0 Å². The monoisotopic (exact) mass is 439 g/mol. The zero-order chi connectivity index (χ0) is 22.8. The summed E-state index contributed by atoms with van der Waals surface area (Å²) in [6.07, 6.45) is 0. The molecule has 166 valence electrons. The zero-order valence-electron chi connectivity index (χ0n) is 17.4. The molecule has 2 aromatic rings. The lowest BCUT2D eigenvalue weighted by Crippen LogP contribution is -2.51. The van der Waals surface area contributed by atoms with E-state index in [-0.39, 0.29) is 22.6 Å². The molecule has 8 nitrogen and oxygen atoms in total. The summed E-state index contributed by atoms with van der Waals surface area (Å²) in [5, 5.41) is 12.1. The van der Waals surface area contributed by atoms with Crippen molar-refractivity contribution >= 4 is 23.6 Å². The molecule has 1 atom stereocenters. The van der Waals surface area contributed by atoms with E-state index < -0.39 is 23.9 Å². The van der Waals surface area contributed by atoms with Gasteiger partial charge in [0.15, 0.2) is 0 Å². The predicted octanol–water partition coefficient (Wildman–Crippen LogP) is 2.93. The van der Waals surface area contributed by atoms with Crippen molar-refractivity contribution in [1.82, 2.24) is 10.2 Å². The lowest BCUT2D eigenvalue weighted by Gasteiger charge is -2.38. The fraction of sp³-hybridized carbons (Fsp3) is 0.261. The van der Waals surface area contributed by atoms with Crippen molar-refractivity contribution in [1.29, 1.82) is 0 Å². The number of nitrogens with one attached hydrogen (secondary N) is 1. The largest absolute Gasteiger partial charge is 0.478 e. The van der Waals surface area contributed by atoms with Crippen LogP contribution < -0.4 is 10.2 Å². The number of hydrogen-bond donors (Lipinski definition) is 2. The Bertz CT molecular complexity index is 1110. The van der Waals surface area contributed by atoms with E-state index in [0.29, 0.717) is 37.7 Å². The number of carboxylic acid groups (broad SMARTS) is 1. The number of aromatic carboxylic acids is 1. The molecule has 0 aromatic heterocycles. The average molecular weight is 439 g/mol. The smallest absolute Gasteiger partial charge is 0.335 e. The maximum absolute atomic E-state index is 14.7. The van der Waals surface area contributed by atoms with Crippen LogP contribution in [0, 0.1) is 5.82 Å². The Balaban J connectivity index is 1.85. The zero-order valence-corrected chi connectivity index (χ0v) is 17.4. The van der Waals surface area contributed by atoms with Crippen LogP contribution in [0.15, 0.2) is 59.8 Å². The molecular formula is C23H22FN3O5. The van der Waals surface area contributed by atoms with Crippen molar-refractivity contribution < 1.29 is 28.6 Å². The highest BCUT2D eigenvalue weighted by molar-refractivity contribution is 6.05. The second-order valence-corrected chi connectivity index (χ2v) is 7.50. The number of carboxylic acids is 1. The molecule has 2 N–H and O–H groups in total. The molecular weight excluding hydrogens is 417 g/mol. The van der Waals surface area contributed by atoms with Gasteiger partial charge in [-0.25, -0.2) is 14.0 Å². The molecule has 9 heteroatoms. The summed E-state index contributed by atoms with van der Waals surface area (Å²) < 4.78 is 20.0. The van der Waals surface area contributed by atoms with Crippen molar-refractivity contribution in [2.75, 3.05) is 31.2 Å². The highest BCUT2D eigenvalue weighted by Gasteiger charge is 2.39. The second kappa shape index (κ2) is 8.80. The number of anilines is 1. The molecule has 0 saturated carbocycles. The van der Waals surface area contributed by atoms with Crippen molar-refractivity contribution in [3.05, 3.63) is 76.7 Å². The van der Waals surface area contributed by atoms with E-state index in [2.05, 4.69) is 5.32 Å². The van der Waals surface area contributed by atoms with Crippen LogP contribution in [0.1, 0.15) is 28.9 Å². The second-order valence-electron chi connectivity index (χ2n) is 7.50. The molecule has 2 heterocycles. The number of ether oxygens (including phenoxy) is 1. The lowest BCUT2D eigenvalue weighted by molar-refractivity contribution is -0.131. The molecule has 0 spiro atoms. The summed E-state index contributed by atoms with van der Waals surface area (Å²) in [6.45, 7) is 3.14. The van der Waals surface area contributed by atoms with Crippen molar-refractivity contribution in [2.45, 2.75) is 13.0 Å². The molecule has 2 aromatic carbocycles. The Morgan fingerprint density at radius 2 is 1.84 bits per heavy atom. The van der Waals surface area contributed by atoms with E-state index in [1.165, 1.54) is 41.3 Å². The maximum Gasteiger partial charge on any atom is 0.335 e. The van der Waals surface area contributed by atoms with E-state index in [4.69, 9.17) is 4.74 Å². The molecule has 0 bridgehead atoms. The number of benzene rings is 2. The third kappa shape index (κ3) is 3.94. The Morgan fingerprint density at radius 1 is 1.12 bits per heavy atom. The van der Waals surface area contributed by atoms with Gasteiger partial charge in [0.05, 0.1) is 36.1 Å². The number of hydrogen-bond acceptors (Lipinski definition) is 4. The minimum atomic E-state index is -1.14. The number of carbonyl (C=O) groups is 3. The van der Waals surface area contributed by atoms with Gasteiger partial charge >= 0.3 is 12.0 Å². The maximum atomic E-state index is 14.7. The van der Waals surface area contributed by atoms with E-state index in [0.717, 1.165) is 0 Å². The highest BCUT2D eigenvalue weighted by atomic mass is 19.1. The van der Waals surface area contributed by atoms with Gasteiger partial charge in [-0.3, -0.25) is 9.69 Å². The fourth-order valence-corrected chi connectivity index (χ4v) is 3.99. The molecule has 32 heavy (non-hydrogen) atoms. The SMILES string of the molecule is CC1=C(C(=O)N2CCOCC2)[C@@H](c2ccccc2F)NC(=O)N1c1cccc(C(=O)O)c1. The first-order chi connectivity index (χ1) is 15.4. The third-order valence-corrected chi connectivity index (χ3v) is 5.58. The van der Waals surface area contributed by atoms with Crippen molar-refractivity contribution in [3.8, 4) is 0 Å². The minimum absolute atomic E-state index is 0.000355. The predicted molar refractivity (Wildman–Crippen MR) is 114 cm³/mol. The molecule has 2 aliphatic rings.